The van der Waals surface area contributed by atoms with Gasteiger partial charge in [-0.25, -0.2) is 0 Å². The summed E-state index contributed by atoms with van der Waals surface area (Å²) in [5, 5.41) is 21.8. The Balaban J connectivity index is 5.88. The van der Waals surface area contributed by atoms with Gasteiger partial charge in [0.1, 0.15) is 18.1 Å². The number of primary amides is 2. The van der Waals surface area contributed by atoms with Crippen LogP contribution in [-0.4, -0.2) is 70.8 Å². The van der Waals surface area contributed by atoms with Gasteiger partial charge in [0.15, 0.2) is 0 Å². The van der Waals surface area contributed by atoms with Gasteiger partial charge in [-0.1, -0.05) is 61.8 Å². The molecule has 0 bridgehead atoms. The first-order chi connectivity index (χ1) is 19.3. The van der Waals surface area contributed by atoms with Gasteiger partial charge in [-0.05, 0) is 36.5 Å². The second kappa shape index (κ2) is 18.3. The molecule has 6 amide bonds. The zero-order valence-corrected chi connectivity index (χ0v) is 26.7. The molecular formula is C29H54N6O7. The average molecular weight is 599 g/mol. The molecular weight excluding hydrogens is 544 g/mol. The Hall–Kier alpha value is -3.22. The van der Waals surface area contributed by atoms with Gasteiger partial charge >= 0.3 is 0 Å². The summed E-state index contributed by atoms with van der Waals surface area (Å²) in [6.07, 6.45) is -0.659. The number of hydrogen-bond donors (Lipinski definition) is 7. The van der Waals surface area contributed by atoms with E-state index in [0.29, 0.717) is 12.8 Å². The summed E-state index contributed by atoms with van der Waals surface area (Å²) < 4.78 is 0. The summed E-state index contributed by atoms with van der Waals surface area (Å²) in [4.78, 5) is 74.6. The lowest BCUT2D eigenvalue weighted by molar-refractivity contribution is -0.135. The van der Waals surface area contributed by atoms with Gasteiger partial charge in [-0.15, -0.1) is 0 Å². The largest absolute Gasteiger partial charge is 0.391 e. The van der Waals surface area contributed by atoms with Crippen LogP contribution in [0.3, 0.4) is 0 Å². The molecule has 1 unspecified atom stereocenters. The Kier molecular flexibility index (Phi) is 16.9. The van der Waals surface area contributed by atoms with Gasteiger partial charge in [-0.2, -0.15) is 0 Å². The predicted molar refractivity (Wildman–Crippen MR) is 159 cm³/mol. The highest BCUT2D eigenvalue weighted by molar-refractivity contribution is 5.93. The van der Waals surface area contributed by atoms with E-state index in [1.165, 1.54) is 6.92 Å². The van der Waals surface area contributed by atoms with Gasteiger partial charge in [0.25, 0.3) is 0 Å². The van der Waals surface area contributed by atoms with Gasteiger partial charge in [-0.3, -0.25) is 28.8 Å². The van der Waals surface area contributed by atoms with Gasteiger partial charge in [0.2, 0.25) is 35.4 Å². The lowest BCUT2D eigenvalue weighted by atomic mass is 9.85. The SMILES string of the molecule is CCC(C)[C@H](NC(=O)[C@@H](NC(=O)[C@@H](C[C@H](O)[C@H](CC(C)C)NC(=O)[C@H](CC(N)=O)NC(C)=O)C(C)C)C(C)C)C(N)=O. The molecule has 0 aromatic carbocycles. The van der Waals surface area contributed by atoms with E-state index in [4.69, 9.17) is 11.5 Å². The van der Waals surface area contributed by atoms with Crippen molar-refractivity contribution in [2.24, 2.45) is 41.1 Å². The third-order valence-corrected chi connectivity index (χ3v) is 7.32. The Morgan fingerprint density at radius 3 is 1.67 bits per heavy atom. The molecule has 0 rings (SSSR count). The summed E-state index contributed by atoms with van der Waals surface area (Å²) in [5.41, 5.74) is 10.7. The first-order valence-electron chi connectivity index (χ1n) is 14.8. The van der Waals surface area contributed by atoms with Crippen molar-refractivity contribution in [2.75, 3.05) is 0 Å². The number of hydrogen-bond acceptors (Lipinski definition) is 7. The highest BCUT2D eigenvalue weighted by Crippen LogP contribution is 2.22. The normalized spacial score (nSPS) is 16.5. The number of amides is 6. The number of aliphatic hydroxyl groups is 1. The van der Waals surface area contributed by atoms with Crippen molar-refractivity contribution in [3.8, 4) is 0 Å². The highest BCUT2D eigenvalue weighted by Gasteiger charge is 2.35. The lowest BCUT2D eigenvalue weighted by Gasteiger charge is -2.32. The quantitative estimate of drug-likeness (QED) is 0.108. The highest BCUT2D eigenvalue weighted by atomic mass is 16.3. The van der Waals surface area contributed by atoms with Crippen LogP contribution in [-0.2, 0) is 28.8 Å². The first-order valence-corrected chi connectivity index (χ1v) is 14.8. The zero-order valence-electron chi connectivity index (χ0n) is 26.7. The van der Waals surface area contributed by atoms with Crippen LogP contribution < -0.4 is 32.7 Å². The molecule has 0 saturated heterocycles. The van der Waals surface area contributed by atoms with Gasteiger partial charge < -0.3 is 37.8 Å². The number of carbonyl (C=O) groups is 6. The maximum atomic E-state index is 13.5. The minimum absolute atomic E-state index is 0.0367. The van der Waals surface area contributed by atoms with Crippen molar-refractivity contribution in [3.05, 3.63) is 0 Å². The van der Waals surface area contributed by atoms with Crippen molar-refractivity contribution >= 4 is 35.4 Å². The summed E-state index contributed by atoms with van der Waals surface area (Å²) in [6, 6.07) is -3.86. The smallest absolute Gasteiger partial charge is 0.243 e. The van der Waals surface area contributed by atoms with Crippen LogP contribution in [0.5, 0.6) is 0 Å². The van der Waals surface area contributed by atoms with Crippen molar-refractivity contribution in [2.45, 2.75) is 118 Å². The van der Waals surface area contributed by atoms with Crippen molar-refractivity contribution in [3.63, 3.8) is 0 Å². The topological polar surface area (TPSA) is 223 Å². The maximum absolute atomic E-state index is 13.5. The van der Waals surface area contributed by atoms with E-state index < -0.39 is 78.1 Å². The Labute approximate surface area is 250 Å². The molecule has 0 radical (unpaired) electrons. The molecule has 13 nitrogen and oxygen atoms in total. The first kappa shape index (κ1) is 38.8. The Bertz CT molecular complexity index is 923. The molecule has 13 heteroatoms. The fourth-order valence-electron chi connectivity index (χ4n) is 4.63. The number of aliphatic hydroxyl groups excluding tert-OH is 1. The number of nitrogens with one attached hydrogen (secondary N) is 4. The van der Waals surface area contributed by atoms with Crippen LogP contribution >= 0.6 is 0 Å². The molecule has 0 heterocycles. The molecule has 0 aliphatic carbocycles. The molecule has 0 aliphatic heterocycles. The number of nitrogens with two attached hydrogens (primary N) is 2. The summed E-state index contributed by atoms with van der Waals surface area (Å²) in [6.45, 7) is 15.8. The van der Waals surface area contributed by atoms with Crippen molar-refractivity contribution in [1.82, 2.24) is 21.3 Å². The summed E-state index contributed by atoms with van der Waals surface area (Å²) >= 11 is 0. The Morgan fingerprint density at radius 2 is 1.26 bits per heavy atom. The van der Waals surface area contributed by atoms with Crippen LogP contribution in [0.1, 0.15) is 88.0 Å². The van der Waals surface area contributed by atoms with Crippen LogP contribution in [0.4, 0.5) is 0 Å². The van der Waals surface area contributed by atoms with E-state index in [9.17, 15) is 33.9 Å². The van der Waals surface area contributed by atoms with Crippen LogP contribution in [0.15, 0.2) is 0 Å². The third-order valence-electron chi connectivity index (χ3n) is 7.32. The lowest BCUT2D eigenvalue weighted by Crippen LogP contribution is -2.57. The number of rotatable bonds is 19. The van der Waals surface area contributed by atoms with Crippen molar-refractivity contribution in [1.29, 1.82) is 0 Å². The molecule has 7 atom stereocenters. The molecule has 0 aromatic rings. The Morgan fingerprint density at radius 1 is 0.714 bits per heavy atom. The van der Waals surface area contributed by atoms with E-state index in [2.05, 4.69) is 21.3 Å². The van der Waals surface area contributed by atoms with E-state index in [1.54, 1.807) is 20.8 Å². The molecule has 9 N–H and O–H groups in total. The summed E-state index contributed by atoms with van der Waals surface area (Å²) in [7, 11) is 0. The molecule has 0 aromatic heterocycles. The molecule has 242 valence electrons. The van der Waals surface area contributed by atoms with Crippen LogP contribution in [0.25, 0.3) is 0 Å². The molecule has 0 spiro atoms. The zero-order chi connectivity index (χ0) is 32.9. The second-order valence-electron chi connectivity index (χ2n) is 12.3. The van der Waals surface area contributed by atoms with Crippen LogP contribution in [0, 0.1) is 29.6 Å². The molecule has 0 saturated carbocycles. The number of carbonyl (C=O) groups excluding carboxylic acids is 6. The molecule has 0 aliphatic rings. The second-order valence-corrected chi connectivity index (χ2v) is 12.3. The average Bonchev–Trinajstić information content (AvgIpc) is 2.85. The van der Waals surface area contributed by atoms with Crippen molar-refractivity contribution < 1.29 is 33.9 Å². The minimum atomic E-state index is -1.21. The summed E-state index contributed by atoms with van der Waals surface area (Å²) in [5.74, 6) is -5.10. The predicted octanol–water partition coefficient (Wildman–Crippen LogP) is 0.0776. The molecule has 0 fully saturated rings. The van der Waals surface area contributed by atoms with E-state index >= 15 is 0 Å². The molecule has 42 heavy (non-hydrogen) atoms. The maximum Gasteiger partial charge on any atom is 0.243 e. The van der Waals surface area contributed by atoms with E-state index in [1.807, 2.05) is 34.6 Å². The fourth-order valence-corrected chi connectivity index (χ4v) is 4.63. The standard InChI is InChI=1S/C29H54N6O7/c1-10-17(8)25(26(31)39)35-29(42)24(16(6)7)34-27(40)19(15(4)5)12-22(37)20(11-14(2)3)33-28(41)21(13-23(30)38)32-18(9)36/h14-17,19-22,24-25,37H,10-13H2,1-9H3,(H2,30,38)(H2,31,39)(H,32,36)(H,33,41)(H,34,40)(H,35,42)/t17?,19-,20-,21-,22-,24-,25-/m0/s1. The third kappa shape index (κ3) is 13.6. The van der Waals surface area contributed by atoms with E-state index in [0.717, 1.165) is 0 Å². The van der Waals surface area contributed by atoms with Gasteiger partial charge in [0.05, 0.1) is 18.6 Å². The monoisotopic (exact) mass is 598 g/mol. The van der Waals surface area contributed by atoms with Crippen LogP contribution in [0.2, 0.25) is 0 Å². The minimum Gasteiger partial charge on any atom is -0.391 e. The van der Waals surface area contributed by atoms with E-state index in [-0.39, 0.29) is 30.1 Å². The van der Waals surface area contributed by atoms with Gasteiger partial charge in [0, 0.05) is 12.8 Å². The fraction of sp³-hybridized carbons (Fsp3) is 0.793.